The highest BCUT2D eigenvalue weighted by Crippen LogP contribution is 2.12. The molecule has 214 valence electrons. The number of hydrogen-bond donors (Lipinski definition) is 5. The molecule has 2 aromatic rings. The Balaban J connectivity index is 0.000000600. The number of nitrogens with zero attached hydrogens (tertiary/aromatic N) is 2. The van der Waals surface area contributed by atoms with E-state index >= 15 is 0 Å². The van der Waals surface area contributed by atoms with Crippen LogP contribution in [0.3, 0.4) is 0 Å². The van der Waals surface area contributed by atoms with Crippen LogP contribution < -0.4 is 33.3 Å². The van der Waals surface area contributed by atoms with Gasteiger partial charge in [0.15, 0.2) is 0 Å². The fourth-order valence-electron chi connectivity index (χ4n) is 2.98. The molecule has 0 saturated heterocycles. The fraction of sp³-hybridized carbons (Fsp3) is 0.481. The van der Waals surface area contributed by atoms with Gasteiger partial charge in [-0.15, -0.1) is 0 Å². The summed E-state index contributed by atoms with van der Waals surface area (Å²) in [5, 5.41) is 4.79. The van der Waals surface area contributed by atoms with E-state index in [2.05, 4.69) is 5.32 Å². The number of benzene rings is 2. The third-order valence-corrected chi connectivity index (χ3v) is 5.02. The van der Waals surface area contributed by atoms with Gasteiger partial charge in [0.05, 0.1) is 58.5 Å². The van der Waals surface area contributed by atoms with Crippen LogP contribution in [0.1, 0.15) is 5.56 Å². The summed E-state index contributed by atoms with van der Waals surface area (Å²) in [5.74, 6) is 5.76. The monoisotopic (exact) mass is 533 g/mol. The number of hydrogen-bond acceptors (Lipinski definition) is 11. The first-order valence-corrected chi connectivity index (χ1v) is 12.6. The second-order valence-electron chi connectivity index (χ2n) is 8.62. The topological polar surface area (TPSA) is 160 Å². The van der Waals surface area contributed by atoms with Crippen molar-refractivity contribution in [1.82, 2.24) is 10.3 Å². The molecule has 0 spiro atoms. The lowest BCUT2D eigenvalue weighted by molar-refractivity contribution is 0.0127. The number of nitrogens with two attached hydrogens (primary N) is 4. The number of nitrogens with one attached hydrogen (secondary N) is 1. The molecule has 2 rings (SSSR count). The van der Waals surface area contributed by atoms with Gasteiger partial charge in [-0.25, -0.2) is 5.84 Å². The predicted molar refractivity (Wildman–Crippen MR) is 155 cm³/mol. The van der Waals surface area contributed by atoms with Crippen molar-refractivity contribution in [2.45, 2.75) is 6.54 Å². The molecule has 0 fully saturated rings. The molecule has 11 heteroatoms. The average Bonchev–Trinajstić information content (AvgIpc) is 2.88. The average molecular weight is 534 g/mol. The molecule has 0 aliphatic heterocycles. The minimum absolute atomic E-state index is 0.350. The highest BCUT2D eigenvalue weighted by atomic mass is 16.5. The molecule has 0 aromatic heterocycles. The molecule has 38 heavy (non-hydrogen) atoms. The van der Waals surface area contributed by atoms with Crippen molar-refractivity contribution in [3.05, 3.63) is 66.0 Å². The molecular formula is C27H47N7O4. The molecular weight excluding hydrogens is 486 g/mol. The predicted octanol–water partition coefficient (Wildman–Crippen LogP) is 1.37. The fourth-order valence-corrected chi connectivity index (χ4v) is 2.98. The maximum Gasteiger partial charge on any atom is 0.0871 e. The smallest absolute Gasteiger partial charge is 0.0871 e. The number of anilines is 3. The Bertz CT molecular complexity index is 865. The Kier molecular flexibility index (Phi) is 18.2. The summed E-state index contributed by atoms with van der Waals surface area (Å²) in [6.45, 7) is 5.73. The summed E-state index contributed by atoms with van der Waals surface area (Å²) < 4.78 is 21.3. The summed E-state index contributed by atoms with van der Waals surface area (Å²) in [5.41, 5.74) is 21.4. The number of methoxy groups -OCH3 is 1. The van der Waals surface area contributed by atoms with Crippen molar-refractivity contribution in [2.24, 2.45) is 11.6 Å². The highest BCUT2D eigenvalue weighted by Gasteiger charge is 1.97. The van der Waals surface area contributed by atoms with Crippen molar-refractivity contribution in [1.29, 1.82) is 0 Å². The Labute approximate surface area is 227 Å². The lowest BCUT2D eigenvalue weighted by atomic mass is 10.2. The van der Waals surface area contributed by atoms with Gasteiger partial charge in [0.1, 0.15) is 0 Å². The van der Waals surface area contributed by atoms with Gasteiger partial charge >= 0.3 is 0 Å². The van der Waals surface area contributed by atoms with Crippen LogP contribution in [0, 0.1) is 0 Å². The zero-order chi connectivity index (χ0) is 28.0. The zero-order valence-corrected chi connectivity index (χ0v) is 23.1. The van der Waals surface area contributed by atoms with E-state index in [4.69, 9.17) is 42.0 Å². The summed E-state index contributed by atoms with van der Waals surface area (Å²) in [4.78, 5) is 2.04. The molecule has 0 heterocycles. The van der Waals surface area contributed by atoms with Crippen LogP contribution in [-0.2, 0) is 25.5 Å². The third kappa shape index (κ3) is 17.4. The van der Waals surface area contributed by atoms with Gasteiger partial charge in [-0.05, 0) is 42.0 Å². The van der Waals surface area contributed by atoms with Crippen LogP contribution in [0.5, 0.6) is 0 Å². The van der Waals surface area contributed by atoms with E-state index in [0.29, 0.717) is 58.5 Å². The van der Waals surface area contributed by atoms with E-state index in [0.717, 1.165) is 24.5 Å². The molecule has 0 unspecified atom stereocenters. The van der Waals surface area contributed by atoms with Crippen molar-refractivity contribution in [3.8, 4) is 0 Å². The quantitative estimate of drug-likeness (QED) is 0.0815. The van der Waals surface area contributed by atoms with E-state index in [-0.39, 0.29) is 0 Å². The number of ether oxygens (including phenoxy) is 4. The largest absolute Gasteiger partial charge is 0.399 e. The Hall–Kier alpha value is -3.06. The Morgan fingerprint density at radius 1 is 0.816 bits per heavy atom. The Morgan fingerprint density at radius 2 is 1.34 bits per heavy atom. The van der Waals surface area contributed by atoms with E-state index in [9.17, 15) is 0 Å². The second kappa shape index (κ2) is 20.9. The van der Waals surface area contributed by atoms with Crippen LogP contribution in [0.25, 0.3) is 0 Å². The van der Waals surface area contributed by atoms with E-state index in [1.54, 1.807) is 13.3 Å². The third-order valence-electron chi connectivity index (χ3n) is 5.02. The molecule has 0 amide bonds. The van der Waals surface area contributed by atoms with Crippen LogP contribution in [0.2, 0.25) is 0 Å². The molecule has 9 N–H and O–H groups in total. The number of hydrazine groups is 1. The minimum atomic E-state index is 0.350. The van der Waals surface area contributed by atoms with Gasteiger partial charge in [-0.2, -0.15) is 0 Å². The molecule has 11 nitrogen and oxygen atoms in total. The van der Waals surface area contributed by atoms with Crippen molar-refractivity contribution >= 4 is 17.1 Å². The van der Waals surface area contributed by atoms with Crippen molar-refractivity contribution in [2.75, 3.05) is 96.9 Å². The number of nitrogen functional groups attached to an aromatic ring is 2. The molecule has 0 bridgehead atoms. The summed E-state index contributed by atoms with van der Waals surface area (Å²) >= 11 is 0. The van der Waals surface area contributed by atoms with Gasteiger partial charge in [-0.3, -0.25) is 0 Å². The normalized spacial score (nSPS) is 11.1. The molecule has 0 aliphatic rings. The molecule has 2 aromatic carbocycles. The standard InChI is InChI=1S/C19H35N5O4.C8H12N2/c1-25-16-19(21)15-24(22)7-9-27-11-13-28-12-10-26-8-6-23-14-17-2-4-18(20)5-3-17;1-10(2)8-5-3-7(9)4-6-8/h2-5,15,23H,6-14,16,20-22H2,1H3;3-6H,9H2,1-2H3/b19-15-;. The lowest BCUT2D eigenvalue weighted by Crippen LogP contribution is -2.31. The first-order valence-electron chi connectivity index (χ1n) is 12.6. The van der Waals surface area contributed by atoms with Crippen LogP contribution in [0.15, 0.2) is 60.4 Å². The molecule has 0 radical (unpaired) electrons. The molecule has 0 aliphatic carbocycles. The van der Waals surface area contributed by atoms with Gasteiger partial charge in [0.2, 0.25) is 0 Å². The lowest BCUT2D eigenvalue weighted by Gasteiger charge is -2.15. The van der Waals surface area contributed by atoms with Crippen molar-refractivity contribution in [3.63, 3.8) is 0 Å². The first kappa shape index (κ1) is 33.0. The summed E-state index contributed by atoms with van der Waals surface area (Å²) in [7, 11) is 5.59. The van der Waals surface area contributed by atoms with Crippen molar-refractivity contribution < 1.29 is 18.9 Å². The Morgan fingerprint density at radius 3 is 1.89 bits per heavy atom. The zero-order valence-electron chi connectivity index (χ0n) is 23.1. The minimum Gasteiger partial charge on any atom is -0.399 e. The van der Waals surface area contributed by atoms with Gasteiger partial charge in [-0.1, -0.05) is 12.1 Å². The second-order valence-corrected chi connectivity index (χ2v) is 8.62. The van der Waals surface area contributed by atoms with Gasteiger partial charge in [0.25, 0.3) is 0 Å². The number of rotatable bonds is 18. The van der Waals surface area contributed by atoms with E-state index < -0.39 is 0 Å². The maximum absolute atomic E-state index is 5.76. The SMILES string of the molecule is CN(C)c1ccc(N)cc1.COC/C(N)=C/N(N)CCOCCOCCOCCNCc1ccc(N)cc1. The van der Waals surface area contributed by atoms with E-state index in [1.165, 1.54) is 16.3 Å². The van der Waals surface area contributed by atoms with Crippen LogP contribution in [-0.4, -0.2) is 85.6 Å². The van der Waals surface area contributed by atoms with Crippen LogP contribution in [0.4, 0.5) is 17.1 Å². The van der Waals surface area contributed by atoms with Gasteiger partial charge < -0.3 is 51.4 Å². The maximum atomic E-state index is 5.76. The van der Waals surface area contributed by atoms with E-state index in [1.807, 2.05) is 67.5 Å². The summed E-state index contributed by atoms with van der Waals surface area (Å²) in [6.07, 6.45) is 1.63. The molecule has 0 saturated carbocycles. The molecule has 0 atom stereocenters. The summed E-state index contributed by atoms with van der Waals surface area (Å²) in [6, 6.07) is 15.6. The van der Waals surface area contributed by atoms with Gasteiger partial charge in [0, 0.05) is 57.6 Å². The first-order chi connectivity index (χ1) is 18.3. The van der Waals surface area contributed by atoms with Crippen LogP contribution >= 0.6 is 0 Å². The highest BCUT2D eigenvalue weighted by molar-refractivity contribution is 5.51.